The zero-order chi connectivity index (χ0) is 19.3. The van der Waals surface area contributed by atoms with E-state index in [-0.39, 0.29) is 0 Å². The summed E-state index contributed by atoms with van der Waals surface area (Å²) in [5, 5.41) is 1.44. The van der Waals surface area contributed by atoms with Crippen LogP contribution < -0.4 is 0 Å². The molecule has 0 amide bonds. The van der Waals surface area contributed by atoms with Crippen molar-refractivity contribution in [2.45, 2.75) is 51.9 Å². The van der Waals surface area contributed by atoms with Crippen LogP contribution in [0.2, 0.25) is 0 Å². The molecule has 2 rings (SSSR count). The van der Waals surface area contributed by atoms with E-state index in [0.717, 1.165) is 37.3 Å². The molecule has 0 aliphatic carbocycles. The molecule has 0 aliphatic heterocycles. The van der Waals surface area contributed by atoms with Gasteiger partial charge in [-0.15, -0.1) is 0 Å². The molecule has 0 saturated carbocycles. The van der Waals surface area contributed by atoms with Gasteiger partial charge in [0.2, 0.25) is 0 Å². The van der Waals surface area contributed by atoms with Gasteiger partial charge in [0.25, 0.3) is 0 Å². The minimum Gasteiger partial charge on any atom is -0.337 e. The van der Waals surface area contributed by atoms with E-state index in [2.05, 4.69) is 19.9 Å². The number of H-pyrrole nitrogens is 2. The highest BCUT2D eigenvalue weighted by atomic mass is 32.2. The summed E-state index contributed by atoms with van der Waals surface area (Å²) in [6, 6.07) is 0. The quantitative estimate of drug-likeness (QED) is 0.422. The van der Waals surface area contributed by atoms with E-state index < -0.39 is 7.60 Å². The van der Waals surface area contributed by atoms with Gasteiger partial charge in [-0.05, 0) is 65.1 Å². The number of aromatic nitrogens is 4. The Balaban J connectivity index is 2.35. The van der Waals surface area contributed by atoms with Crippen LogP contribution in [0.15, 0.2) is 20.4 Å². The van der Waals surface area contributed by atoms with Crippen LogP contribution in [0, 0.1) is 27.7 Å². The summed E-state index contributed by atoms with van der Waals surface area (Å²) in [4.78, 5) is 15.4. The first-order chi connectivity index (χ1) is 12.3. The average molecular weight is 417 g/mol. The van der Waals surface area contributed by atoms with Crippen LogP contribution in [0.5, 0.6) is 0 Å². The molecule has 0 unspecified atom stereocenters. The maximum atomic E-state index is 12.9. The fraction of sp³-hybridized carbons (Fsp3) is 0.500. The Hall–Kier alpha value is -0.990. The van der Waals surface area contributed by atoms with Gasteiger partial charge >= 0.3 is 7.60 Å². The Morgan fingerprint density at radius 3 is 1.69 bits per heavy atom. The summed E-state index contributed by atoms with van der Waals surface area (Å²) in [7, 11) is -3.35. The van der Waals surface area contributed by atoms with E-state index in [1.54, 1.807) is 19.7 Å². The molecule has 0 aromatic carbocycles. The lowest BCUT2D eigenvalue weighted by Crippen LogP contribution is -1.93. The predicted molar refractivity (Wildman–Crippen MR) is 107 cm³/mol. The van der Waals surface area contributed by atoms with Crippen molar-refractivity contribution in [1.82, 2.24) is 19.9 Å². The number of aromatic amines is 2. The Morgan fingerprint density at radius 1 is 0.962 bits per heavy atom. The molecule has 0 bridgehead atoms. The smallest absolute Gasteiger partial charge is 0.337 e. The summed E-state index contributed by atoms with van der Waals surface area (Å²) in [5.74, 6) is 1.55. The first kappa shape index (κ1) is 21.3. The van der Waals surface area contributed by atoms with Gasteiger partial charge in [-0.1, -0.05) is 0 Å². The number of imidazole rings is 2. The van der Waals surface area contributed by atoms with Crippen molar-refractivity contribution < 1.29 is 13.6 Å². The predicted octanol–water partition coefficient (Wildman–Crippen LogP) is 5.32. The molecule has 10 heteroatoms. The zero-order valence-electron chi connectivity index (χ0n) is 15.9. The highest BCUT2D eigenvalue weighted by Gasteiger charge is 2.23. The number of thioether (sulfide) groups is 2. The Morgan fingerprint density at radius 2 is 1.38 bits per heavy atom. The molecule has 2 aromatic rings. The third-order valence-corrected chi connectivity index (χ3v) is 7.56. The second-order valence-electron chi connectivity index (χ2n) is 5.53. The first-order valence-corrected chi connectivity index (χ1v) is 11.5. The monoisotopic (exact) mass is 416 g/mol. The molecule has 0 aliphatic rings. The normalized spacial score (nSPS) is 11.8. The SMILES string of the molecule is CCOP(=O)(C=C(Sc1nc(C)c(C)[nH]1)Sc1nc(C)c(C)[nH]1)OCC. The minimum absolute atomic E-state index is 0.300. The fourth-order valence-corrected chi connectivity index (χ4v) is 6.18. The van der Waals surface area contributed by atoms with E-state index in [4.69, 9.17) is 9.05 Å². The number of nitrogens with one attached hydrogen (secondary N) is 2. The molecule has 0 fully saturated rings. The zero-order valence-corrected chi connectivity index (χ0v) is 18.4. The van der Waals surface area contributed by atoms with Crippen LogP contribution in [0.4, 0.5) is 0 Å². The maximum Gasteiger partial charge on any atom is 0.355 e. The molecule has 0 radical (unpaired) electrons. The van der Waals surface area contributed by atoms with Crippen molar-refractivity contribution in [2.24, 2.45) is 0 Å². The molecule has 2 heterocycles. The standard InChI is InChI=1S/C16H25N4O3PS2/c1-7-22-24(21,23-8-2)9-14(25-15-17-10(3)11(4)18-15)26-16-19-12(5)13(6)20-16/h9H,7-8H2,1-6H3,(H,17,18)(H,19,20). The fourth-order valence-electron chi connectivity index (χ4n) is 1.99. The van der Waals surface area contributed by atoms with Gasteiger partial charge in [-0.2, -0.15) is 0 Å². The van der Waals surface area contributed by atoms with Crippen molar-refractivity contribution in [1.29, 1.82) is 0 Å². The van der Waals surface area contributed by atoms with Crippen molar-refractivity contribution in [3.05, 3.63) is 32.8 Å². The number of rotatable bonds is 9. The van der Waals surface area contributed by atoms with Crippen molar-refractivity contribution in [3.8, 4) is 0 Å². The number of aryl methyl sites for hydroxylation is 4. The van der Waals surface area contributed by atoms with E-state index in [1.165, 1.54) is 23.5 Å². The van der Waals surface area contributed by atoms with Gasteiger partial charge in [-0.3, -0.25) is 4.57 Å². The molecule has 0 spiro atoms. The third kappa shape index (κ3) is 5.76. The number of nitrogens with zero attached hydrogens (tertiary/aromatic N) is 2. The van der Waals surface area contributed by atoms with Crippen molar-refractivity contribution in [3.63, 3.8) is 0 Å². The molecular formula is C16H25N4O3PS2. The molecule has 7 nitrogen and oxygen atoms in total. The molecule has 144 valence electrons. The lowest BCUT2D eigenvalue weighted by atomic mass is 10.4. The summed E-state index contributed by atoms with van der Waals surface area (Å²) < 4.78 is 24.5. The van der Waals surface area contributed by atoms with Crippen molar-refractivity contribution in [2.75, 3.05) is 13.2 Å². The number of hydrogen-bond donors (Lipinski definition) is 2. The van der Waals surface area contributed by atoms with Gasteiger partial charge < -0.3 is 19.0 Å². The summed E-state index contributed by atoms with van der Waals surface area (Å²) in [5.41, 5.74) is 3.86. The van der Waals surface area contributed by atoms with Gasteiger partial charge in [0, 0.05) is 17.2 Å². The summed E-state index contributed by atoms with van der Waals surface area (Å²) in [6.07, 6.45) is 0. The van der Waals surface area contributed by atoms with E-state index in [0.29, 0.717) is 13.2 Å². The minimum atomic E-state index is -3.35. The summed E-state index contributed by atoms with van der Waals surface area (Å²) in [6.45, 7) is 12.0. The molecular weight excluding hydrogens is 391 g/mol. The van der Waals surface area contributed by atoms with Crippen LogP contribution >= 0.6 is 31.1 Å². The molecule has 2 aromatic heterocycles. The van der Waals surface area contributed by atoms with Crippen molar-refractivity contribution >= 4 is 31.1 Å². The Bertz CT molecular complexity index is 732. The second-order valence-corrected chi connectivity index (χ2v) is 9.71. The average Bonchev–Trinajstić information content (AvgIpc) is 3.01. The van der Waals surface area contributed by atoms with Gasteiger partial charge in [0.15, 0.2) is 10.3 Å². The molecule has 2 N–H and O–H groups in total. The van der Waals surface area contributed by atoms with Crippen LogP contribution in [-0.2, 0) is 13.6 Å². The molecule has 0 saturated heterocycles. The van der Waals surface area contributed by atoms with Crippen LogP contribution in [0.25, 0.3) is 0 Å². The maximum absolute atomic E-state index is 12.9. The highest BCUT2D eigenvalue weighted by Crippen LogP contribution is 2.54. The van der Waals surface area contributed by atoms with E-state index >= 15 is 0 Å². The Kier molecular flexibility index (Phi) is 7.61. The van der Waals surface area contributed by atoms with Gasteiger partial charge in [-0.25, -0.2) is 9.97 Å². The Labute approximate surface area is 162 Å². The van der Waals surface area contributed by atoms with E-state index in [9.17, 15) is 4.57 Å². The highest BCUT2D eigenvalue weighted by molar-refractivity contribution is 8.22. The number of hydrogen-bond acceptors (Lipinski definition) is 7. The van der Waals surface area contributed by atoms with Crippen LogP contribution in [0.1, 0.15) is 36.6 Å². The van der Waals surface area contributed by atoms with Crippen LogP contribution in [0.3, 0.4) is 0 Å². The third-order valence-electron chi connectivity index (χ3n) is 3.49. The molecule has 0 atom stereocenters. The van der Waals surface area contributed by atoms with Gasteiger partial charge in [0.05, 0.1) is 28.8 Å². The van der Waals surface area contributed by atoms with Crippen LogP contribution in [-0.4, -0.2) is 33.1 Å². The lowest BCUT2D eigenvalue weighted by molar-refractivity contribution is 0.229. The molecule has 26 heavy (non-hydrogen) atoms. The lowest BCUT2D eigenvalue weighted by Gasteiger charge is -2.14. The van der Waals surface area contributed by atoms with Gasteiger partial charge in [0.1, 0.15) is 0 Å². The topological polar surface area (TPSA) is 92.9 Å². The first-order valence-electron chi connectivity index (χ1n) is 8.30. The largest absolute Gasteiger partial charge is 0.355 e. The summed E-state index contributed by atoms with van der Waals surface area (Å²) >= 11 is 2.75. The van der Waals surface area contributed by atoms with E-state index in [1.807, 2.05) is 27.7 Å². The second kappa shape index (κ2) is 9.28.